The predicted octanol–water partition coefficient (Wildman–Crippen LogP) is 1.61. The van der Waals surface area contributed by atoms with Crippen molar-refractivity contribution in [3.8, 4) is 28.6 Å². The molecule has 3 heterocycles. The van der Waals surface area contributed by atoms with E-state index in [1.54, 1.807) is 31.2 Å². The van der Waals surface area contributed by atoms with Crippen LogP contribution in [0, 0.1) is 6.92 Å². The molecule has 0 aliphatic rings. The molecule has 0 aliphatic heterocycles. The summed E-state index contributed by atoms with van der Waals surface area (Å²) in [6, 6.07) is 9.74. The molecule has 0 fully saturated rings. The summed E-state index contributed by atoms with van der Waals surface area (Å²) in [5, 5.41) is 20.6. The highest BCUT2D eigenvalue weighted by Crippen LogP contribution is 2.27. The third-order valence-electron chi connectivity index (χ3n) is 4.63. The Morgan fingerprint density at radius 1 is 1.15 bits per heavy atom. The van der Waals surface area contributed by atoms with E-state index in [0.717, 1.165) is 0 Å². The first-order chi connectivity index (χ1) is 16.4. The van der Waals surface area contributed by atoms with E-state index in [2.05, 4.69) is 35.2 Å². The summed E-state index contributed by atoms with van der Waals surface area (Å²) in [5.74, 6) is 0.843. The van der Waals surface area contributed by atoms with Gasteiger partial charge in [-0.05, 0) is 31.2 Å². The zero-order valence-electron chi connectivity index (χ0n) is 18.2. The van der Waals surface area contributed by atoms with E-state index in [-0.39, 0.29) is 28.8 Å². The van der Waals surface area contributed by atoms with Gasteiger partial charge in [-0.25, -0.2) is 18.4 Å². The van der Waals surface area contributed by atoms with Crippen molar-refractivity contribution in [3.05, 3.63) is 60.9 Å². The Morgan fingerprint density at radius 2 is 1.91 bits per heavy atom. The van der Waals surface area contributed by atoms with E-state index in [1.165, 1.54) is 38.0 Å². The van der Waals surface area contributed by atoms with Crippen LogP contribution < -0.4 is 14.8 Å². The van der Waals surface area contributed by atoms with Gasteiger partial charge in [0.25, 0.3) is 5.88 Å². The van der Waals surface area contributed by atoms with Crippen molar-refractivity contribution in [2.75, 3.05) is 19.0 Å². The van der Waals surface area contributed by atoms with Gasteiger partial charge >= 0.3 is 0 Å². The molecule has 34 heavy (non-hydrogen) atoms. The van der Waals surface area contributed by atoms with Crippen LogP contribution in [-0.4, -0.2) is 58.6 Å². The lowest BCUT2D eigenvalue weighted by atomic mass is 10.1. The summed E-state index contributed by atoms with van der Waals surface area (Å²) in [4.78, 5) is 12.5. The van der Waals surface area contributed by atoms with E-state index in [4.69, 9.17) is 9.15 Å². The first-order valence-electron chi connectivity index (χ1n) is 10.0. The second kappa shape index (κ2) is 9.91. The molecule has 12 nitrogen and oxygen atoms in total. The number of aryl methyl sites for hydroxylation is 1. The van der Waals surface area contributed by atoms with Gasteiger partial charge in [0.2, 0.25) is 22.3 Å². The first kappa shape index (κ1) is 23.2. The molecule has 3 N–H and O–H groups in total. The fraction of sp³-hybridized carbons (Fsp3) is 0.190. The number of benzene rings is 1. The molecular weight excluding hydrogens is 462 g/mol. The number of aliphatic hydroxyl groups is 1. The first-order valence-corrected chi connectivity index (χ1v) is 11.5. The topological polar surface area (TPSA) is 165 Å². The van der Waals surface area contributed by atoms with E-state index in [9.17, 15) is 13.5 Å². The summed E-state index contributed by atoms with van der Waals surface area (Å²) in [5.41, 5.74) is 2.10. The minimum Gasteiger partial charge on any atom is -0.478 e. The maximum atomic E-state index is 13.0. The van der Waals surface area contributed by atoms with Gasteiger partial charge in [0.05, 0.1) is 31.2 Å². The quantitative estimate of drug-likeness (QED) is 0.296. The lowest BCUT2D eigenvalue weighted by molar-refractivity contribution is 0.176. The number of nitrogens with zero attached hydrogens (tertiary/aromatic N) is 5. The third kappa shape index (κ3) is 5.17. The van der Waals surface area contributed by atoms with E-state index < -0.39 is 16.3 Å². The molecule has 4 rings (SSSR count). The van der Waals surface area contributed by atoms with Gasteiger partial charge < -0.3 is 19.6 Å². The summed E-state index contributed by atoms with van der Waals surface area (Å²) in [6.45, 7) is 1.58. The zero-order chi connectivity index (χ0) is 24.1. The lowest BCUT2D eigenvalue weighted by Crippen LogP contribution is -2.39. The van der Waals surface area contributed by atoms with E-state index in [0.29, 0.717) is 22.7 Å². The molecule has 1 aromatic carbocycles. The number of hydrogen-bond donors (Lipinski definition) is 3. The monoisotopic (exact) mass is 483 g/mol. The van der Waals surface area contributed by atoms with E-state index >= 15 is 0 Å². The third-order valence-corrected chi connectivity index (χ3v) is 6.12. The molecule has 4 aromatic rings. The standard InChI is InChI=1S/C21H21N7O5S/c1-13-10-23-19(21(26-13)32-2)24-11-17(29)28-34(30,31)16-4-3-9-22-18(16)14-5-7-15(8-6-14)20-27-25-12-33-20/h3-10,12,17,28-29H,11H2,1-2H3,(H,23,24). The fourth-order valence-electron chi connectivity index (χ4n) is 3.09. The smallest absolute Gasteiger partial charge is 0.257 e. The van der Waals surface area contributed by atoms with Gasteiger partial charge in [-0.15, -0.1) is 10.2 Å². The Balaban J connectivity index is 1.51. The van der Waals surface area contributed by atoms with Crippen molar-refractivity contribution in [1.82, 2.24) is 29.9 Å². The highest BCUT2D eigenvalue weighted by Gasteiger charge is 2.23. The van der Waals surface area contributed by atoms with Crippen LogP contribution in [0.25, 0.3) is 22.7 Å². The molecule has 176 valence electrons. The van der Waals surface area contributed by atoms with Crippen molar-refractivity contribution in [2.24, 2.45) is 0 Å². The van der Waals surface area contributed by atoms with Crippen molar-refractivity contribution < 1.29 is 22.7 Å². The molecule has 3 aromatic heterocycles. The molecule has 0 radical (unpaired) electrons. The average Bonchev–Trinajstić information content (AvgIpc) is 3.38. The SMILES string of the molecule is COc1nc(C)cnc1NCC(O)NS(=O)(=O)c1cccnc1-c1ccc(-c2nnco2)cc1. The number of rotatable bonds is 9. The number of ether oxygens (including phenoxy) is 1. The summed E-state index contributed by atoms with van der Waals surface area (Å²) >= 11 is 0. The van der Waals surface area contributed by atoms with Crippen LogP contribution in [0.4, 0.5) is 5.82 Å². The van der Waals surface area contributed by atoms with Crippen LogP contribution in [0.15, 0.2) is 64.5 Å². The number of methoxy groups -OCH3 is 1. The van der Waals surface area contributed by atoms with Crippen LogP contribution >= 0.6 is 0 Å². The Kier molecular flexibility index (Phi) is 6.77. The molecule has 0 saturated carbocycles. The molecule has 0 bridgehead atoms. The lowest BCUT2D eigenvalue weighted by Gasteiger charge is -2.17. The van der Waals surface area contributed by atoms with Crippen molar-refractivity contribution >= 4 is 15.8 Å². The fourth-order valence-corrected chi connectivity index (χ4v) is 4.34. The van der Waals surface area contributed by atoms with E-state index in [1.807, 2.05) is 0 Å². The number of aliphatic hydroxyl groups excluding tert-OH is 1. The number of nitrogens with one attached hydrogen (secondary N) is 2. The number of pyridine rings is 1. The number of hydrogen-bond acceptors (Lipinski definition) is 11. The molecule has 1 atom stereocenters. The van der Waals surface area contributed by atoms with Gasteiger partial charge in [-0.1, -0.05) is 12.1 Å². The molecule has 0 spiro atoms. The van der Waals surface area contributed by atoms with Gasteiger partial charge in [-0.3, -0.25) is 4.98 Å². The zero-order valence-corrected chi connectivity index (χ0v) is 19.0. The van der Waals surface area contributed by atoms with Gasteiger partial charge in [0, 0.05) is 17.3 Å². The van der Waals surface area contributed by atoms with Crippen molar-refractivity contribution in [3.63, 3.8) is 0 Å². The average molecular weight is 484 g/mol. The second-order valence-corrected chi connectivity index (χ2v) is 8.74. The Bertz CT molecular complexity index is 1360. The van der Waals surface area contributed by atoms with Gasteiger partial charge in [0.1, 0.15) is 11.1 Å². The van der Waals surface area contributed by atoms with Crippen LogP contribution in [0.1, 0.15) is 5.69 Å². The molecular formula is C21H21N7O5S. The van der Waals surface area contributed by atoms with Gasteiger partial charge in [0.15, 0.2) is 5.82 Å². The van der Waals surface area contributed by atoms with Crippen LogP contribution in [-0.2, 0) is 10.0 Å². The Labute approximate surface area is 195 Å². The maximum Gasteiger partial charge on any atom is 0.257 e. The minimum atomic E-state index is -4.13. The number of aromatic nitrogens is 5. The Morgan fingerprint density at radius 3 is 2.62 bits per heavy atom. The maximum absolute atomic E-state index is 13.0. The largest absolute Gasteiger partial charge is 0.478 e. The predicted molar refractivity (Wildman–Crippen MR) is 121 cm³/mol. The molecule has 13 heteroatoms. The summed E-state index contributed by atoms with van der Waals surface area (Å²) in [6.07, 6.45) is 2.76. The van der Waals surface area contributed by atoms with Crippen LogP contribution in [0.5, 0.6) is 5.88 Å². The van der Waals surface area contributed by atoms with Crippen molar-refractivity contribution in [2.45, 2.75) is 18.0 Å². The highest BCUT2D eigenvalue weighted by atomic mass is 32.2. The molecule has 0 amide bonds. The number of sulfonamides is 1. The second-order valence-electron chi connectivity index (χ2n) is 7.06. The van der Waals surface area contributed by atoms with Gasteiger partial charge in [-0.2, -0.15) is 4.72 Å². The normalized spacial score (nSPS) is 12.3. The molecule has 0 aliphatic carbocycles. The Hall–Kier alpha value is -3.94. The molecule has 0 saturated heterocycles. The van der Waals surface area contributed by atoms with Crippen LogP contribution in [0.3, 0.4) is 0 Å². The summed E-state index contributed by atoms with van der Waals surface area (Å²) < 4.78 is 38.6. The minimum absolute atomic E-state index is 0.0905. The highest BCUT2D eigenvalue weighted by molar-refractivity contribution is 7.89. The van der Waals surface area contributed by atoms with Crippen molar-refractivity contribution in [1.29, 1.82) is 0 Å². The molecule has 1 unspecified atom stereocenters. The summed E-state index contributed by atoms with van der Waals surface area (Å²) in [7, 11) is -2.69. The number of anilines is 1. The van der Waals surface area contributed by atoms with Crippen LogP contribution in [0.2, 0.25) is 0 Å².